The predicted octanol–water partition coefficient (Wildman–Crippen LogP) is 10.4. The van der Waals surface area contributed by atoms with Crippen molar-refractivity contribution in [2.24, 2.45) is 5.92 Å². The van der Waals surface area contributed by atoms with Crippen LogP contribution in [0.4, 0.5) is 0 Å². The Bertz CT molecular complexity index is 2730. The van der Waals surface area contributed by atoms with Crippen molar-refractivity contribution in [1.82, 2.24) is 19.9 Å². The molecule has 3 aromatic heterocycles. The van der Waals surface area contributed by atoms with Gasteiger partial charge in [-0.3, -0.25) is 4.98 Å². The van der Waals surface area contributed by atoms with Gasteiger partial charge in [-0.2, -0.15) is 0 Å². The van der Waals surface area contributed by atoms with Crippen LogP contribution in [-0.2, 0) is 0 Å². The van der Waals surface area contributed by atoms with E-state index in [1.165, 1.54) is 21.7 Å². The third kappa shape index (κ3) is 4.17. The lowest BCUT2D eigenvalue weighted by Crippen LogP contribution is -2.08. The number of rotatable bonds is 3. The average Bonchev–Trinajstić information content (AvgIpc) is 3.53. The highest BCUT2D eigenvalue weighted by molar-refractivity contribution is 6.18. The van der Waals surface area contributed by atoms with E-state index >= 15 is 0 Å². The second-order valence-electron chi connectivity index (χ2n) is 12.2. The minimum atomic E-state index is 0.377. The Kier molecular flexibility index (Phi) is 5.63. The molecule has 3 heterocycles. The number of benzene rings is 5. The summed E-state index contributed by atoms with van der Waals surface area (Å²) >= 11 is 0. The molecule has 0 amide bonds. The average molecular weight is 603 g/mol. The molecule has 5 nitrogen and oxygen atoms in total. The van der Waals surface area contributed by atoms with Crippen molar-refractivity contribution in [1.29, 1.82) is 0 Å². The number of fused-ring (bicyclic) bond motifs is 9. The fraction of sp³-hybridized carbons (Fsp3) is 0.0476. The summed E-state index contributed by atoms with van der Waals surface area (Å²) in [6, 6.07) is 33.6. The zero-order valence-electron chi connectivity index (χ0n) is 25.3. The molecular weight excluding hydrogens is 576 g/mol. The molecule has 5 heteroatoms. The molecule has 0 saturated carbocycles. The van der Waals surface area contributed by atoms with Gasteiger partial charge in [-0.1, -0.05) is 109 Å². The van der Waals surface area contributed by atoms with Crippen molar-refractivity contribution in [3.8, 4) is 22.9 Å². The predicted molar refractivity (Wildman–Crippen MR) is 191 cm³/mol. The first-order valence-corrected chi connectivity index (χ1v) is 15.9. The van der Waals surface area contributed by atoms with Crippen LogP contribution in [0.15, 0.2) is 150 Å². The molecule has 0 bridgehead atoms. The highest BCUT2D eigenvalue weighted by Gasteiger charge is 2.21. The summed E-state index contributed by atoms with van der Waals surface area (Å²) in [5.74, 6) is 2.13. The van der Waals surface area contributed by atoms with Crippen LogP contribution in [0.5, 0.6) is 0 Å². The van der Waals surface area contributed by atoms with E-state index < -0.39 is 0 Å². The Labute approximate surface area is 270 Å². The third-order valence-corrected chi connectivity index (χ3v) is 9.46. The lowest BCUT2D eigenvalue weighted by Gasteiger charge is -2.20. The Morgan fingerprint density at radius 3 is 2.30 bits per heavy atom. The molecule has 0 saturated heterocycles. The van der Waals surface area contributed by atoms with Gasteiger partial charge in [0.05, 0.1) is 0 Å². The van der Waals surface area contributed by atoms with Crippen LogP contribution in [0, 0.1) is 5.92 Å². The number of hydrogen-bond donors (Lipinski definition) is 0. The van der Waals surface area contributed by atoms with Gasteiger partial charge in [-0.05, 0) is 62.5 Å². The SMILES string of the molecule is C1=CC2=CC(c3nc(-c4cc5oc6ccc7ccccc7c6c5cn4)nc(-c4cc5ccccc5c5ccccc45)n3)=CCC2C=C1. The van der Waals surface area contributed by atoms with E-state index in [4.69, 9.17) is 24.4 Å². The van der Waals surface area contributed by atoms with Crippen LogP contribution in [0.25, 0.3) is 82.7 Å². The molecule has 0 N–H and O–H groups in total. The second kappa shape index (κ2) is 10.2. The Hall–Kier alpha value is -6.20. The summed E-state index contributed by atoms with van der Waals surface area (Å²) in [7, 11) is 0. The van der Waals surface area contributed by atoms with Crippen molar-refractivity contribution in [2.45, 2.75) is 6.42 Å². The van der Waals surface area contributed by atoms with Gasteiger partial charge in [0.1, 0.15) is 16.9 Å². The van der Waals surface area contributed by atoms with Gasteiger partial charge in [0, 0.05) is 40.1 Å². The molecule has 0 radical (unpaired) electrons. The standard InChI is InChI=1S/C42H26N4O/c1-2-11-27-21-29(18-17-25(27)9-1)40-44-41(34-22-28-12-4-5-13-30(28)32-15-7-8-16-33(32)34)46-42(45-40)36-23-38-35(24-43-36)39-31-14-6-3-10-26(31)19-20-37(39)47-38/h1-16,18-25H,17H2. The normalized spacial score (nSPS) is 15.9. The molecule has 0 spiro atoms. The van der Waals surface area contributed by atoms with E-state index in [1.807, 2.05) is 18.3 Å². The number of aromatic nitrogens is 4. The number of pyridine rings is 1. The molecule has 220 valence electrons. The van der Waals surface area contributed by atoms with Crippen molar-refractivity contribution in [3.63, 3.8) is 0 Å². The molecule has 5 aromatic carbocycles. The Morgan fingerprint density at radius 2 is 1.38 bits per heavy atom. The van der Waals surface area contributed by atoms with Gasteiger partial charge in [0.25, 0.3) is 0 Å². The molecule has 2 aliphatic carbocycles. The minimum absolute atomic E-state index is 0.377. The number of hydrogen-bond acceptors (Lipinski definition) is 5. The fourth-order valence-corrected chi connectivity index (χ4v) is 7.16. The molecule has 1 unspecified atom stereocenters. The Balaban J connectivity index is 1.20. The first-order valence-electron chi connectivity index (χ1n) is 15.9. The number of furan rings is 1. The smallest absolute Gasteiger partial charge is 0.182 e. The number of nitrogens with zero attached hydrogens (tertiary/aromatic N) is 4. The largest absolute Gasteiger partial charge is 0.456 e. The second-order valence-corrected chi connectivity index (χ2v) is 12.2. The van der Waals surface area contributed by atoms with Crippen LogP contribution in [0.2, 0.25) is 0 Å². The van der Waals surface area contributed by atoms with Crippen molar-refractivity contribution in [2.75, 3.05) is 0 Å². The van der Waals surface area contributed by atoms with Crippen LogP contribution in [0.1, 0.15) is 12.2 Å². The first-order chi connectivity index (χ1) is 23.3. The van der Waals surface area contributed by atoms with Crippen molar-refractivity contribution < 1.29 is 4.42 Å². The topological polar surface area (TPSA) is 64.7 Å². The zero-order valence-corrected chi connectivity index (χ0v) is 25.3. The van der Waals surface area contributed by atoms with Gasteiger partial charge < -0.3 is 4.42 Å². The van der Waals surface area contributed by atoms with Gasteiger partial charge in [0.15, 0.2) is 17.5 Å². The van der Waals surface area contributed by atoms with E-state index in [9.17, 15) is 0 Å². The van der Waals surface area contributed by atoms with Crippen LogP contribution < -0.4 is 0 Å². The molecule has 8 aromatic rings. The van der Waals surface area contributed by atoms with Crippen LogP contribution in [-0.4, -0.2) is 19.9 Å². The highest BCUT2D eigenvalue weighted by Crippen LogP contribution is 2.38. The van der Waals surface area contributed by atoms with Gasteiger partial charge in [0.2, 0.25) is 0 Å². The van der Waals surface area contributed by atoms with E-state index in [0.29, 0.717) is 29.1 Å². The summed E-state index contributed by atoms with van der Waals surface area (Å²) < 4.78 is 6.40. The maximum Gasteiger partial charge on any atom is 0.182 e. The van der Waals surface area contributed by atoms with Crippen molar-refractivity contribution >= 4 is 59.8 Å². The minimum Gasteiger partial charge on any atom is -0.456 e. The molecule has 0 fully saturated rings. The molecule has 10 rings (SSSR count). The number of allylic oxidation sites excluding steroid dienone is 8. The van der Waals surface area contributed by atoms with Gasteiger partial charge in [-0.25, -0.2) is 15.0 Å². The Morgan fingerprint density at radius 1 is 0.617 bits per heavy atom. The highest BCUT2D eigenvalue weighted by atomic mass is 16.3. The zero-order chi connectivity index (χ0) is 30.9. The quantitative estimate of drug-likeness (QED) is 0.188. The summed E-state index contributed by atoms with van der Waals surface area (Å²) in [6.07, 6.45) is 15.9. The maximum absolute atomic E-state index is 6.40. The van der Waals surface area contributed by atoms with E-state index in [1.54, 1.807) is 0 Å². The van der Waals surface area contributed by atoms with Gasteiger partial charge in [-0.15, -0.1) is 0 Å². The maximum atomic E-state index is 6.40. The summed E-state index contributed by atoms with van der Waals surface area (Å²) in [4.78, 5) is 20.3. The van der Waals surface area contributed by atoms with Crippen LogP contribution in [0.3, 0.4) is 0 Å². The first kappa shape index (κ1) is 26.1. The molecule has 2 aliphatic rings. The molecule has 0 aliphatic heterocycles. The fourth-order valence-electron chi connectivity index (χ4n) is 7.16. The molecule has 1 atom stereocenters. The summed E-state index contributed by atoms with van der Waals surface area (Å²) in [5, 5.41) is 8.96. The lowest BCUT2D eigenvalue weighted by atomic mass is 9.85. The van der Waals surface area contributed by atoms with E-state index in [2.05, 4.69) is 121 Å². The summed E-state index contributed by atoms with van der Waals surface area (Å²) in [6.45, 7) is 0. The molecular formula is C42H26N4O. The third-order valence-electron chi connectivity index (χ3n) is 9.46. The van der Waals surface area contributed by atoms with Crippen LogP contribution >= 0.6 is 0 Å². The van der Waals surface area contributed by atoms with E-state index in [0.717, 1.165) is 55.7 Å². The van der Waals surface area contributed by atoms with Crippen molar-refractivity contribution in [3.05, 3.63) is 151 Å². The summed E-state index contributed by atoms with van der Waals surface area (Å²) in [5.41, 5.74) is 5.44. The van der Waals surface area contributed by atoms with E-state index in [-0.39, 0.29) is 0 Å². The molecule has 47 heavy (non-hydrogen) atoms. The monoisotopic (exact) mass is 602 g/mol. The van der Waals surface area contributed by atoms with Gasteiger partial charge >= 0.3 is 0 Å². The lowest BCUT2D eigenvalue weighted by molar-refractivity contribution is 0.669.